The van der Waals surface area contributed by atoms with Crippen molar-refractivity contribution in [3.05, 3.63) is 42.5 Å². The van der Waals surface area contributed by atoms with Crippen molar-refractivity contribution in [2.24, 2.45) is 11.1 Å². The van der Waals surface area contributed by atoms with Crippen LogP contribution < -0.4 is 5.73 Å². The van der Waals surface area contributed by atoms with E-state index in [0.717, 1.165) is 24.4 Å². The van der Waals surface area contributed by atoms with Gasteiger partial charge in [0.2, 0.25) is 5.91 Å². The first-order valence-corrected chi connectivity index (χ1v) is 9.09. The average molecular weight is 365 g/mol. The molecule has 130 valence electrons. The van der Waals surface area contributed by atoms with Gasteiger partial charge in [-0.2, -0.15) is 0 Å². The predicted octanol–water partition coefficient (Wildman–Crippen LogP) is 3.94. The van der Waals surface area contributed by atoms with Gasteiger partial charge in [-0.05, 0) is 34.7 Å². The van der Waals surface area contributed by atoms with Crippen LogP contribution in [0.2, 0.25) is 0 Å². The summed E-state index contributed by atoms with van der Waals surface area (Å²) < 4.78 is 0. The van der Waals surface area contributed by atoms with E-state index in [4.69, 9.17) is 5.73 Å². The summed E-state index contributed by atoms with van der Waals surface area (Å²) >= 11 is 1.62. The summed E-state index contributed by atoms with van der Waals surface area (Å²) in [6, 6.07) is 14.8. The minimum Gasteiger partial charge on any atom is -0.341 e. The highest BCUT2D eigenvalue weighted by Crippen LogP contribution is 2.29. The van der Waals surface area contributed by atoms with Gasteiger partial charge in [-0.3, -0.25) is 4.79 Å². The Morgan fingerprint density at radius 3 is 2.67 bits per heavy atom. The topological polar surface area (TPSA) is 46.3 Å². The Bertz CT molecular complexity index is 719. The van der Waals surface area contributed by atoms with Gasteiger partial charge in [0.1, 0.15) is 0 Å². The summed E-state index contributed by atoms with van der Waals surface area (Å²) in [5.74, 6) is 0.701. The molecule has 0 spiro atoms. The number of piperidine rings is 1. The highest BCUT2D eigenvalue weighted by molar-refractivity contribution is 8.00. The Balaban J connectivity index is 0.00000208. The summed E-state index contributed by atoms with van der Waals surface area (Å²) in [5, 5.41) is 2.45. The lowest BCUT2D eigenvalue weighted by atomic mass is 9.80. The van der Waals surface area contributed by atoms with Crippen molar-refractivity contribution in [1.29, 1.82) is 0 Å². The lowest BCUT2D eigenvalue weighted by Crippen LogP contribution is -2.54. The molecule has 3 nitrogen and oxygen atoms in total. The van der Waals surface area contributed by atoms with Gasteiger partial charge in [0.15, 0.2) is 0 Å². The van der Waals surface area contributed by atoms with Crippen molar-refractivity contribution in [3.63, 3.8) is 0 Å². The Morgan fingerprint density at radius 2 is 1.96 bits per heavy atom. The number of halogens is 1. The number of likely N-dealkylation sites (tertiary alicyclic amines) is 1. The first-order valence-electron chi connectivity index (χ1n) is 8.11. The van der Waals surface area contributed by atoms with E-state index in [1.165, 1.54) is 10.8 Å². The van der Waals surface area contributed by atoms with Crippen LogP contribution >= 0.6 is 24.2 Å². The van der Waals surface area contributed by atoms with Crippen LogP contribution in [0.15, 0.2) is 47.4 Å². The largest absolute Gasteiger partial charge is 0.341 e. The molecule has 1 atom stereocenters. The third-order valence-electron chi connectivity index (χ3n) is 4.75. The van der Waals surface area contributed by atoms with Gasteiger partial charge in [0, 0.05) is 24.0 Å². The Labute approximate surface area is 154 Å². The SMILES string of the molecule is CC1(C)CN(C(=O)CSc2ccc3ccccc3c2)CCC1N.Cl. The standard InChI is InChI=1S/C19H24N2OS.ClH/c1-19(2)13-21(10-9-17(19)20)18(22)12-23-16-8-7-14-5-3-4-6-15(14)11-16;/h3-8,11,17H,9-10,12-13,20H2,1-2H3;1H. The van der Waals surface area contributed by atoms with Crippen molar-refractivity contribution in [2.45, 2.75) is 31.2 Å². The number of rotatable bonds is 3. The molecule has 0 bridgehead atoms. The number of amides is 1. The molecule has 0 radical (unpaired) electrons. The number of fused-ring (bicyclic) bond motifs is 1. The molecule has 0 saturated carbocycles. The minimum atomic E-state index is 0. The predicted molar refractivity (Wildman–Crippen MR) is 105 cm³/mol. The van der Waals surface area contributed by atoms with E-state index in [9.17, 15) is 4.79 Å². The van der Waals surface area contributed by atoms with Gasteiger partial charge >= 0.3 is 0 Å². The number of benzene rings is 2. The zero-order valence-electron chi connectivity index (χ0n) is 14.2. The molecule has 0 aromatic heterocycles. The maximum absolute atomic E-state index is 12.5. The van der Waals surface area contributed by atoms with E-state index in [2.05, 4.69) is 44.2 Å². The summed E-state index contributed by atoms with van der Waals surface area (Å²) in [7, 11) is 0. The number of carbonyl (C=O) groups is 1. The third-order valence-corrected chi connectivity index (χ3v) is 5.73. The van der Waals surface area contributed by atoms with Gasteiger partial charge < -0.3 is 10.6 Å². The monoisotopic (exact) mass is 364 g/mol. The fraction of sp³-hybridized carbons (Fsp3) is 0.421. The van der Waals surface area contributed by atoms with Crippen LogP contribution in [-0.4, -0.2) is 35.7 Å². The molecule has 1 aliphatic rings. The normalized spacial score (nSPS) is 19.8. The van der Waals surface area contributed by atoms with Crippen molar-refractivity contribution in [3.8, 4) is 0 Å². The van der Waals surface area contributed by atoms with E-state index in [0.29, 0.717) is 5.75 Å². The molecule has 1 saturated heterocycles. The van der Waals surface area contributed by atoms with Gasteiger partial charge in [-0.15, -0.1) is 24.2 Å². The molecule has 5 heteroatoms. The number of hydrogen-bond acceptors (Lipinski definition) is 3. The minimum absolute atomic E-state index is 0. The van der Waals surface area contributed by atoms with Crippen LogP contribution in [0.5, 0.6) is 0 Å². The van der Waals surface area contributed by atoms with Crippen LogP contribution in [-0.2, 0) is 4.79 Å². The third kappa shape index (κ3) is 4.24. The molecule has 1 aliphatic heterocycles. The van der Waals surface area contributed by atoms with Gasteiger partial charge in [0.05, 0.1) is 5.75 Å². The molecule has 1 amide bonds. The van der Waals surface area contributed by atoms with Crippen molar-refractivity contribution >= 4 is 40.8 Å². The molecular weight excluding hydrogens is 340 g/mol. The van der Waals surface area contributed by atoms with Crippen molar-refractivity contribution in [2.75, 3.05) is 18.8 Å². The van der Waals surface area contributed by atoms with Crippen molar-refractivity contribution < 1.29 is 4.79 Å². The molecule has 2 aromatic rings. The second-order valence-corrected chi connectivity index (χ2v) is 8.05. The van der Waals surface area contributed by atoms with Gasteiger partial charge in [-0.25, -0.2) is 0 Å². The lowest BCUT2D eigenvalue weighted by Gasteiger charge is -2.42. The quantitative estimate of drug-likeness (QED) is 0.839. The number of nitrogens with two attached hydrogens (primary N) is 1. The molecule has 0 aliphatic carbocycles. The second kappa shape index (κ2) is 7.77. The maximum Gasteiger partial charge on any atom is 0.232 e. The fourth-order valence-corrected chi connectivity index (χ4v) is 3.93. The van der Waals surface area contributed by atoms with E-state index in [1.54, 1.807) is 11.8 Å². The molecule has 3 rings (SSSR count). The molecule has 2 N–H and O–H groups in total. The lowest BCUT2D eigenvalue weighted by molar-refractivity contribution is -0.131. The summed E-state index contributed by atoms with van der Waals surface area (Å²) in [5.41, 5.74) is 6.15. The number of thioether (sulfide) groups is 1. The molecular formula is C19H25ClN2OS. The number of hydrogen-bond donors (Lipinski definition) is 1. The summed E-state index contributed by atoms with van der Waals surface area (Å²) in [6.45, 7) is 5.83. The fourth-order valence-electron chi connectivity index (χ4n) is 3.08. The van der Waals surface area contributed by atoms with Gasteiger partial charge in [-0.1, -0.05) is 44.2 Å². The highest BCUT2D eigenvalue weighted by atomic mass is 35.5. The molecule has 1 fully saturated rings. The molecule has 2 aromatic carbocycles. The van der Waals surface area contributed by atoms with Crippen molar-refractivity contribution in [1.82, 2.24) is 4.90 Å². The number of nitrogens with zero attached hydrogens (tertiary/aromatic N) is 1. The van der Waals surface area contributed by atoms with Crippen LogP contribution in [0.25, 0.3) is 10.8 Å². The summed E-state index contributed by atoms with van der Waals surface area (Å²) in [6.07, 6.45) is 0.888. The first-order chi connectivity index (χ1) is 11.0. The van der Waals surface area contributed by atoms with Crippen LogP contribution in [0.4, 0.5) is 0 Å². The van der Waals surface area contributed by atoms with Crippen LogP contribution in [0.3, 0.4) is 0 Å². The van der Waals surface area contributed by atoms with E-state index >= 15 is 0 Å². The molecule has 24 heavy (non-hydrogen) atoms. The Morgan fingerprint density at radius 1 is 1.25 bits per heavy atom. The highest BCUT2D eigenvalue weighted by Gasteiger charge is 2.35. The van der Waals surface area contributed by atoms with E-state index in [1.807, 2.05) is 17.0 Å². The van der Waals surface area contributed by atoms with Crippen LogP contribution in [0, 0.1) is 5.41 Å². The van der Waals surface area contributed by atoms with E-state index in [-0.39, 0.29) is 29.8 Å². The number of carbonyl (C=O) groups excluding carboxylic acids is 1. The zero-order chi connectivity index (χ0) is 16.4. The Hall–Kier alpha value is -1.23. The van der Waals surface area contributed by atoms with Crippen LogP contribution in [0.1, 0.15) is 20.3 Å². The van der Waals surface area contributed by atoms with E-state index < -0.39 is 0 Å². The first kappa shape index (κ1) is 19.1. The average Bonchev–Trinajstić information content (AvgIpc) is 2.55. The smallest absolute Gasteiger partial charge is 0.232 e. The summed E-state index contributed by atoms with van der Waals surface area (Å²) in [4.78, 5) is 15.6. The maximum atomic E-state index is 12.5. The zero-order valence-corrected chi connectivity index (χ0v) is 15.8. The molecule has 1 heterocycles. The molecule has 1 unspecified atom stereocenters. The van der Waals surface area contributed by atoms with Gasteiger partial charge in [0.25, 0.3) is 0 Å². The second-order valence-electron chi connectivity index (χ2n) is 7.00. The Kier molecular flexibility index (Phi) is 6.18.